The molecule has 1 unspecified atom stereocenters. The van der Waals surface area contributed by atoms with Gasteiger partial charge in [-0.25, -0.2) is 0 Å². The Morgan fingerprint density at radius 1 is 0.764 bits per heavy atom. The minimum Gasteiger partial charge on any atom is -0.508 e. The Morgan fingerprint density at radius 3 is 2.36 bits per heavy atom. The van der Waals surface area contributed by atoms with Gasteiger partial charge in [0.1, 0.15) is 11.5 Å². The number of rotatable bonds is 12. The van der Waals surface area contributed by atoms with Crippen molar-refractivity contribution >= 4 is 11.7 Å². The molecule has 0 radical (unpaired) electrons. The Balaban J connectivity index is 0.768. The maximum atomic E-state index is 13.2. The molecule has 1 N–H and O–H groups in total. The van der Waals surface area contributed by atoms with Gasteiger partial charge in [0.25, 0.3) is 5.91 Å². The fourth-order valence-electron chi connectivity index (χ4n) is 9.52. The zero-order valence-corrected chi connectivity index (χ0v) is 32.1. The van der Waals surface area contributed by atoms with E-state index in [9.17, 15) is 14.7 Å². The predicted molar refractivity (Wildman–Crippen MR) is 218 cm³/mol. The van der Waals surface area contributed by atoms with Crippen molar-refractivity contribution in [2.75, 3.05) is 45.9 Å². The monoisotopic (exact) mass is 737 g/mol. The van der Waals surface area contributed by atoms with E-state index in [0.29, 0.717) is 37.7 Å². The minimum absolute atomic E-state index is 0.00275. The molecule has 1 saturated carbocycles. The molecule has 4 aromatic carbocycles. The molecule has 0 aromatic heterocycles. The second kappa shape index (κ2) is 17.0. The topological polar surface area (TPSA) is 73.3 Å². The molecule has 4 aromatic rings. The van der Waals surface area contributed by atoms with E-state index in [4.69, 9.17) is 4.74 Å². The Morgan fingerprint density at radius 2 is 1.56 bits per heavy atom. The quantitative estimate of drug-likeness (QED) is 0.117. The molecule has 1 amide bonds. The summed E-state index contributed by atoms with van der Waals surface area (Å²) in [5.74, 6) is 2.03. The average molecular weight is 738 g/mol. The van der Waals surface area contributed by atoms with Crippen LogP contribution in [-0.4, -0.2) is 83.4 Å². The van der Waals surface area contributed by atoms with Gasteiger partial charge < -0.3 is 24.5 Å². The minimum atomic E-state index is -0.308. The summed E-state index contributed by atoms with van der Waals surface area (Å²) in [7, 11) is 0. The molecule has 0 bridgehead atoms. The fraction of sp³-hybridized carbons (Fsp3) is 0.417. The lowest BCUT2D eigenvalue weighted by Gasteiger charge is -2.34. The van der Waals surface area contributed by atoms with Gasteiger partial charge in [-0.1, -0.05) is 72.8 Å². The molecule has 7 heteroatoms. The lowest BCUT2D eigenvalue weighted by Crippen LogP contribution is -2.43. The highest BCUT2D eigenvalue weighted by molar-refractivity contribution is 6.02. The highest BCUT2D eigenvalue weighted by Gasteiger charge is 2.38. The maximum absolute atomic E-state index is 13.2. The number of carbonyl (C=O) groups excluding carboxylic acids is 2. The second-order valence-electron chi connectivity index (χ2n) is 16.2. The number of nitrogens with zero attached hydrogens (tertiary/aromatic N) is 3. The Bertz CT molecular complexity index is 1990. The third-order valence-electron chi connectivity index (χ3n) is 12.5. The number of ether oxygens (including phenoxy) is 1. The summed E-state index contributed by atoms with van der Waals surface area (Å²) in [4.78, 5) is 32.8. The summed E-state index contributed by atoms with van der Waals surface area (Å²) < 4.78 is 6.23. The van der Waals surface area contributed by atoms with Crippen molar-refractivity contribution in [2.45, 2.75) is 82.2 Å². The first-order chi connectivity index (χ1) is 26.9. The van der Waals surface area contributed by atoms with Crippen LogP contribution in [0.1, 0.15) is 101 Å². The lowest BCUT2D eigenvalue weighted by atomic mass is 9.69. The first-order valence-electron chi connectivity index (χ1n) is 20.6. The number of allylic oxidation sites excluding steroid dienone is 1. The zero-order chi connectivity index (χ0) is 37.7. The third-order valence-corrected chi connectivity index (χ3v) is 12.5. The van der Waals surface area contributed by atoms with Crippen molar-refractivity contribution in [1.82, 2.24) is 14.7 Å². The van der Waals surface area contributed by atoms with E-state index >= 15 is 0 Å². The third kappa shape index (κ3) is 8.58. The van der Waals surface area contributed by atoms with E-state index < -0.39 is 0 Å². The predicted octanol–water partition coefficient (Wildman–Crippen LogP) is 8.30. The number of aromatic hydroxyl groups is 1. The van der Waals surface area contributed by atoms with Gasteiger partial charge in [-0.05, 0) is 141 Å². The van der Waals surface area contributed by atoms with Gasteiger partial charge >= 0.3 is 0 Å². The van der Waals surface area contributed by atoms with Gasteiger partial charge in [0.15, 0.2) is 5.78 Å². The van der Waals surface area contributed by atoms with Crippen LogP contribution in [0.15, 0.2) is 103 Å². The van der Waals surface area contributed by atoms with Crippen LogP contribution < -0.4 is 4.74 Å². The van der Waals surface area contributed by atoms with E-state index in [-0.39, 0.29) is 23.7 Å². The summed E-state index contributed by atoms with van der Waals surface area (Å²) in [5, 5.41) is 10.2. The number of unbranched alkanes of at least 4 members (excludes halogenated alkanes) is 1. The van der Waals surface area contributed by atoms with Crippen LogP contribution in [0.2, 0.25) is 0 Å². The normalized spacial score (nSPS) is 22.0. The number of benzene rings is 4. The fourth-order valence-corrected chi connectivity index (χ4v) is 9.52. The van der Waals surface area contributed by atoms with Gasteiger partial charge in [0.2, 0.25) is 0 Å². The SMILES string of the molecule is C=C1CCC(N2Cc3cc(CCN4CCCN(CCCCOc5ccc([C@H]6c7ccc(O)cc7CC[C@H]6c6ccccc6)cc5)CC4)ccc3C2=O)C(=O)C1. The molecule has 0 spiro atoms. The molecule has 7 nitrogen and oxygen atoms in total. The van der Waals surface area contributed by atoms with Gasteiger partial charge in [-0.3, -0.25) is 9.59 Å². The van der Waals surface area contributed by atoms with Crippen LogP contribution in [0.4, 0.5) is 0 Å². The number of carbonyl (C=O) groups is 2. The molecular weight excluding hydrogens is 683 g/mol. The van der Waals surface area contributed by atoms with Crippen LogP contribution in [0, 0.1) is 0 Å². The van der Waals surface area contributed by atoms with Gasteiger partial charge in [0.05, 0.1) is 12.6 Å². The lowest BCUT2D eigenvalue weighted by molar-refractivity contribution is -0.124. The van der Waals surface area contributed by atoms with Crippen molar-refractivity contribution in [2.24, 2.45) is 0 Å². The van der Waals surface area contributed by atoms with Crippen molar-refractivity contribution in [3.8, 4) is 11.5 Å². The van der Waals surface area contributed by atoms with Crippen LogP contribution in [0.3, 0.4) is 0 Å². The summed E-state index contributed by atoms with van der Waals surface area (Å²) >= 11 is 0. The smallest absolute Gasteiger partial charge is 0.255 e. The van der Waals surface area contributed by atoms with Crippen molar-refractivity contribution in [3.05, 3.63) is 142 Å². The number of phenols is 1. The van der Waals surface area contributed by atoms with E-state index in [1.54, 1.807) is 4.90 Å². The molecule has 55 heavy (non-hydrogen) atoms. The van der Waals surface area contributed by atoms with E-state index in [1.165, 1.54) is 34.2 Å². The average Bonchev–Trinajstić information content (AvgIpc) is 3.35. The standard InChI is InChI=1S/C48H55N3O4/c1-34-10-21-45(46(53)30-34)51-33-39-31-35(11-18-44(39)48(51)54)22-26-50-25-7-24-49(27-28-50)23-5-6-29-55-41-16-12-37(13-17-41)47-42(36-8-3-2-4-9-36)19-14-38-32-40(52)15-20-43(38)47/h2-4,8-9,11-13,15-18,20,31-32,42,45,47,52H,1,5-7,10,14,19,21-30,33H2/t42-,45?,47+/m0/s1. The maximum Gasteiger partial charge on any atom is 0.255 e. The molecule has 2 fully saturated rings. The van der Waals surface area contributed by atoms with Gasteiger partial charge in [-0.2, -0.15) is 0 Å². The van der Waals surface area contributed by atoms with Crippen molar-refractivity contribution < 1.29 is 19.4 Å². The summed E-state index contributed by atoms with van der Waals surface area (Å²) in [5.41, 5.74) is 9.30. The van der Waals surface area contributed by atoms with Crippen LogP contribution in [-0.2, 0) is 24.2 Å². The highest BCUT2D eigenvalue weighted by Crippen LogP contribution is 2.47. The van der Waals surface area contributed by atoms with Gasteiger partial charge in [0, 0.05) is 44.1 Å². The van der Waals surface area contributed by atoms with E-state index in [2.05, 4.69) is 89.2 Å². The zero-order valence-electron chi connectivity index (χ0n) is 32.1. The number of phenolic OH excluding ortho intramolecular Hbond substituents is 1. The molecule has 8 rings (SSSR count). The number of Topliss-reactive ketones (excluding diaryl/α,β-unsaturated/α-hetero) is 1. The Kier molecular flexibility index (Phi) is 11.5. The number of hydrogen-bond acceptors (Lipinski definition) is 6. The first kappa shape index (κ1) is 37.2. The molecule has 3 atom stereocenters. The first-order valence-corrected chi connectivity index (χ1v) is 20.6. The number of ketones is 1. The molecule has 2 aliphatic heterocycles. The molecule has 2 heterocycles. The van der Waals surface area contributed by atoms with Gasteiger partial charge in [-0.15, -0.1) is 0 Å². The Hall–Kier alpha value is -4.72. The summed E-state index contributed by atoms with van der Waals surface area (Å²) in [6.45, 7) is 11.8. The largest absolute Gasteiger partial charge is 0.508 e. The molecule has 1 saturated heterocycles. The summed E-state index contributed by atoms with van der Waals surface area (Å²) in [6, 6.07) is 31.4. The second-order valence-corrected chi connectivity index (χ2v) is 16.2. The van der Waals surface area contributed by atoms with Crippen molar-refractivity contribution in [3.63, 3.8) is 0 Å². The van der Waals surface area contributed by atoms with Crippen LogP contribution >= 0.6 is 0 Å². The van der Waals surface area contributed by atoms with Crippen LogP contribution in [0.25, 0.3) is 0 Å². The summed E-state index contributed by atoms with van der Waals surface area (Å²) in [6.07, 6.45) is 8.23. The molecule has 2 aliphatic carbocycles. The Labute approximate surface area is 326 Å². The van der Waals surface area contributed by atoms with E-state index in [1.807, 2.05) is 18.2 Å². The highest BCUT2D eigenvalue weighted by atomic mass is 16.5. The number of aryl methyl sites for hydroxylation is 1. The van der Waals surface area contributed by atoms with E-state index in [0.717, 1.165) is 100 Å². The molecule has 4 aliphatic rings. The number of hydrogen-bond donors (Lipinski definition) is 1. The molecule has 286 valence electrons. The van der Waals surface area contributed by atoms with Crippen molar-refractivity contribution in [1.29, 1.82) is 0 Å². The number of amides is 1. The van der Waals surface area contributed by atoms with Crippen LogP contribution in [0.5, 0.6) is 11.5 Å². The molecular formula is C48H55N3O4. The number of fused-ring (bicyclic) bond motifs is 2.